The molecule has 2 heterocycles. The van der Waals surface area contributed by atoms with Gasteiger partial charge in [-0.2, -0.15) is 9.50 Å². The number of nitrogens with one attached hydrogen (secondary N) is 1. The average Bonchev–Trinajstić information content (AvgIpc) is 2.56. The second-order valence-electron chi connectivity index (χ2n) is 2.95. The maximum Gasteiger partial charge on any atom is 0.354 e. The Morgan fingerprint density at radius 2 is 2.27 bits per heavy atom. The van der Waals surface area contributed by atoms with E-state index in [-0.39, 0.29) is 11.5 Å². The molecule has 78 valence electrons. The molecule has 2 rings (SSSR count). The lowest BCUT2D eigenvalue weighted by Gasteiger charge is -2.02. The van der Waals surface area contributed by atoms with Crippen molar-refractivity contribution in [2.24, 2.45) is 0 Å². The van der Waals surface area contributed by atoms with Crippen molar-refractivity contribution in [2.45, 2.75) is 6.92 Å². The van der Waals surface area contributed by atoms with Gasteiger partial charge in [0, 0.05) is 13.1 Å². The number of aromatic carboxylic acids is 1. The first-order chi connectivity index (χ1) is 7.11. The molecule has 0 radical (unpaired) electrons. The van der Waals surface area contributed by atoms with Crippen LogP contribution >= 0.6 is 0 Å². The Balaban J connectivity index is 2.76. The fourth-order valence-electron chi connectivity index (χ4n) is 1.26. The Hall–Kier alpha value is -2.18. The molecule has 0 fully saturated rings. The van der Waals surface area contributed by atoms with E-state index >= 15 is 0 Å². The van der Waals surface area contributed by atoms with E-state index in [1.165, 1.54) is 10.6 Å². The highest BCUT2D eigenvalue weighted by Crippen LogP contribution is 2.10. The molecule has 0 saturated carbocycles. The molecule has 2 N–H and O–H groups in total. The molecular formula is C8H9N5O2. The molecule has 7 heteroatoms. The molecular weight excluding hydrogens is 198 g/mol. The van der Waals surface area contributed by atoms with Crippen LogP contribution in [0.15, 0.2) is 6.07 Å². The van der Waals surface area contributed by atoms with E-state index in [1.807, 2.05) is 0 Å². The summed E-state index contributed by atoms with van der Waals surface area (Å²) in [6.45, 7) is 1.72. The van der Waals surface area contributed by atoms with Crippen molar-refractivity contribution in [2.75, 3.05) is 12.4 Å². The number of anilines is 1. The van der Waals surface area contributed by atoms with Gasteiger partial charge in [-0.3, -0.25) is 0 Å². The maximum absolute atomic E-state index is 10.8. The summed E-state index contributed by atoms with van der Waals surface area (Å²) in [5.41, 5.74) is -0.0562. The minimum absolute atomic E-state index is 0.0562. The Morgan fingerprint density at radius 3 is 2.87 bits per heavy atom. The Morgan fingerprint density at radius 1 is 1.53 bits per heavy atom. The van der Waals surface area contributed by atoms with Gasteiger partial charge in [0.15, 0.2) is 5.69 Å². The Labute approximate surface area is 84.8 Å². The fourth-order valence-corrected chi connectivity index (χ4v) is 1.26. The highest BCUT2D eigenvalue weighted by Gasteiger charge is 2.12. The largest absolute Gasteiger partial charge is 0.477 e. The lowest BCUT2D eigenvalue weighted by Crippen LogP contribution is -2.07. The quantitative estimate of drug-likeness (QED) is 0.729. The number of hydrogen-bond donors (Lipinski definition) is 2. The molecule has 0 aliphatic carbocycles. The zero-order valence-electron chi connectivity index (χ0n) is 8.22. The number of carboxylic acid groups (broad SMARTS) is 1. The summed E-state index contributed by atoms with van der Waals surface area (Å²) in [4.78, 5) is 18.6. The summed E-state index contributed by atoms with van der Waals surface area (Å²) in [5.74, 6) is 0.269. The first-order valence-electron chi connectivity index (χ1n) is 4.27. The normalized spacial score (nSPS) is 10.5. The van der Waals surface area contributed by atoms with Crippen LogP contribution in [0.3, 0.4) is 0 Å². The lowest BCUT2D eigenvalue weighted by atomic mass is 10.4. The summed E-state index contributed by atoms with van der Waals surface area (Å²) in [6, 6.07) is 1.41. The van der Waals surface area contributed by atoms with Gasteiger partial charge in [-0.15, -0.1) is 5.10 Å². The molecule has 15 heavy (non-hydrogen) atoms. The number of nitrogens with zero attached hydrogens (tertiary/aromatic N) is 4. The predicted molar refractivity (Wildman–Crippen MR) is 52.0 cm³/mol. The smallest absolute Gasteiger partial charge is 0.354 e. The summed E-state index contributed by atoms with van der Waals surface area (Å²) in [7, 11) is 1.68. The van der Waals surface area contributed by atoms with Crippen molar-refractivity contribution in [3.05, 3.63) is 17.6 Å². The molecule has 0 bridgehead atoms. The number of hydrogen-bond acceptors (Lipinski definition) is 5. The third-order valence-electron chi connectivity index (χ3n) is 1.89. The minimum Gasteiger partial charge on any atom is -0.477 e. The number of carbonyl (C=O) groups is 1. The van der Waals surface area contributed by atoms with Crippen molar-refractivity contribution in [3.63, 3.8) is 0 Å². The van der Waals surface area contributed by atoms with Crippen LogP contribution in [-0.4, -0.2) is 37.7 Å². The maximum atomic E-state index is 10.8. The van der Waals surface area contributed by atoms with E-state index in [0.717, 1.165) is 0 Å². The van der Waals surface area contributed by atoms with Crippen LogP contribution in [0.5, 0.6) is 0 Å². The zero-order valence-corrected chi connectivity index (χ0v) is 8.22. The lowest BCUT2D eigenvalue weighted by molar-refractivity contribution is 0.0690. The summed E-state index contributed by atoms with van der Waals surface area (Å²) < 4.78 is 1.46. The van der Waals surface area contributed by atoms with E-state index in [1.54, 1.807) is 14.0 Å². The van der Waals surface area contributed by atoms with Crippen molar-refractivity contribution in [1.82, 2.24) is 19.6 Å². The fraction of sp³-hybridized carbons (Fsp3) is 0.250. The summed E-state index contributed by atoms with van der Waals surface area (Å²) >= 11 is 0. The van der Waals surface area contributed by atoms with Gasteiger partial charge in [0.05, 0.1) is 0 Å². The van der Waals surface area contributed by atoms with Crippen LogP contribution in [0.4, 0.5) is 5.82 Å². The Bertz CT molecular complexity index is 533. The second-order valence-corrected chi connectivity index (χ2v) is 2.95. The van der Waals surface area contributed by atoms with Crippen LogP contribution in [-0.2, 0) is 0 Å². The van der Waals surface area contributed by atoms with Crippen molar-refractivity contribution >= 4 is 17.6 Å². The van der Waals surface area contributed by atoms with Gasteiger partial charge in [-0.05, 0) is 6.92 Å². The molecule has 0 amide bonds. The van der Waals surface area contributed by atoms with Crippen molar-refractivity contribution in [1.29, 1.82) is 0 Å². The molecule has 0 atom stereocenters. The topological polar surface area (TPSA) is 92.4 Å². The summed E-state index contributed by atoms with van der Waals surface area (Å²) in [5, 5.41) is 15.7. The van der Waals surface area contributed by atoms with Gasteiger partial charge < -0.3 is 10.4 Å². The van der Waals surface area contributed by atoms with Crippen LogP contribution in [0.1, 0.15) is 16.3 Å². The molecule has 0 aromatic carbocycles. The van der Waals surface area contributed by atoms with Crippen molar-refractivity contribution < 1.29 is 9.90 Å². The highest BCUT2D eigenvalue weighted by atomic mass is 16.4. The van der Waals surface area contributed by atoms with E-state index < -0.39 is 5.97 Å². The van der Waals surface area contributed by atoms with Gasteiger partial charge in [0.2, 0.25) is 0 Å². The zero-order chi connectivity index (χ0) is 11.0. The van der Waals surface area contributed by atoms with E-state index in [0.29, 0.717) is 11.6 Å². The molecule has 2 aromatic heterocycles. The minimum atomic E-state index is -1.09. The van der Waals surface area contributed by atoms with Gasteiger partial charge in [-0.25, -0.2) is 9.78 Å². The SMILES string of the molecule is CNc1cc(C(=O)O)nc2nc(C)nn12. The van der Waals surface area contributed by atoms with Gasteiger partial charge >= 0.3 is 5.97 Å². The monoisotopic (exact) mass is 207 g/mol. The van der Waals surface area contributed by atoms with E-state index in [4.69, 9.17) is 5.11 Å². The van der Waals surface area contributed by atoms with Gasteiger partial charge in [0.25, 0.3) is 5.78 Å². The first kappa shape index (κ1) is 9.38. The number of aryl methyl sites for hydroxylation is 1. The molecule has 0 saturated heterocycles. The number of rotatable bonds is 2. The van der Waals surface area contributed by atoms with Crippen molar-refractivity contribution in [3.8, 4) is 0 Å². The molecule has 2 aromatic rings. The Kier molecular flexibility index (Phi) is 2.00. The highest BCUT2D eigenvalue weighted by molar-refractivity contribution is 5.86. The number of carboxylic acids is 1. The van der Waals surface area contributed by atoms with Crippen LogP contribution in [0, 0.1) is 6.92 Å². The third-order valence-corrected chi connectivity index (χ3v) is 1.89. The molecule has 0 unspecified atom stereocenters. The van der Waals surface area contributed by atoms with Crippen LogP contribution in [0.2, 0.25) is 0 Å². The van der Waals surface area contributed by atoms with Gasteiger partial charge in [0.1, 0.15) is 11.6 Å². The van der Waals surface area contributed by atoms with Crippen LogP contribution < -0.4 is 5.32 Å². The van der Waals surface area contributed by atoms with Gasteiger partial charge in [-0.1, -0.05) is 0 Å². The average molecular weight is 207 g/mol. The first-order valence-corrected chi connectivity index (χ1v) is 4.27. The summed E-state index contributed by atoms with van der Waals surface area (Å²) in [6.07, 6.45) is 0. The molecule has 0 aliphatic rings. The number of fused-ring (bicyclic) bond motifs is 1. The molecule has 0 spiro atoms. The second kappa shape index (κ2) is 3.19. The predicted octanol–water partition coefficient (Wildman–Crippen LogP) is 0.173. The molecule has 0 aliphatic heterocycles. The van der Waals surface area contributed by atoms with Crippen LogP contribution in [0.25, 0.3) is 5.78 Å². The van der Waals surface area contributed by atoms with E-state index in [9.17, 15) is 4.79 Å². The number of aromatic nitrogens is 4. The van der Waals surface area contributed by atoms with E-state index in [2.05, 4.69) is 20.4 Å². The third kappa shape index (κ3) is 1.47. The standard InChI is InChI=1S/C8H9N5O2/c1-4-10-8-11-5(7(14)15)3-6(9-2)13(8)12-4/h3,9H,1-2H3,(H,14,15). The molecule has 7 nitrogen and oxygen atoms in total.